The summed E-state index contributed by atoms with van der Waals surface area (Å²) in [4.78, 5) is 43.2. The number of benzene rings is 3. The second-order valence-corrected chi connectivity index (χ2v) is 10.7. The minimum Gasteiger partial charge on any atom is -0.388 e. The molecule has 0 radical (unpaired) electrons. The molecule has 7 heteroatoms. The molecule has 210 valence electrons. The molecule has 2 amide bonds. The van der Waals surface area contributed by atoms with Gasteiger partial charge < -0.3 is 19.5 Å². The van der Waals surface area contributed by atoms with E-state index in [0.717, 1.165) is 16.8 Å². The van der Waals surface area contributed by atoms with Crippen LogP contribution >= 0.6 is 0 Å². The SMILES string of the molecule is CN(C(=O)c1cn(CC2(O)CCN(C(=O)CCc3ccccc3)CC2)c(=O)cc1-c1ccccc1)c1ccccc1. The van der Waals surface area contributed by atoms with Crippen LogP contribution in [-0.4, -0.2) is 52.1 Å². The molecular weight excluding hydrogens is 514 g/mol. The maximum absolute atomic E-state index is 13.8. The second kappa shape index (κ2) is 12.4. The fourth-order valence-electron chi connectivity index (χ4n) is 5.37. The van der Waals surface area contributed by atoms with Crippen molar-refractivity contribution in [3.8, 4) is 11.1 Å². The molecule has 0 saturated carbocycles. The number of aliphatic hydroxyl groups is 1. The van der Waals surface area contributed by atoms with Crippen molar-refractivity contribution in [2.24, 2.45) is 0 Å². The summed E-state index contributed by atoms with van der Waals surface area (Å²) in [6.07, 6.45) is 3.37. The zero-order chi connectivity index (χ0) is 28.8. The number of para-hydroxylation sites is 1. The molecule has 0 aliphatic carbocycles. The molecule has 3 aromatic carbocycles. The number of likely N-dealkylation sites (tertiary alicyclic amines) is 1. The van der Waals surface area contributed by atoms with E-state index in [1.54, 1.807) is 23.0 Å². The molecule has 1 aliphatic rings. The summed E-state index contributed by atoms with van der Waals surface area (Å²) in [7, 11) is 1.71. The fourth-order valence-corrected chi connectivity index (χ4v) is 5.37. The standard InChI is InChI=1S/C34H35N3O4/c1-35(28-15-9-4-10-16-28)33(40)30-24-37(32(39)23-29(30)27-13-7-3-8-14-27)25-34(41)19-21-36(22-20-34)31(38)18-17-26-11-5-2-6-12-26/h2-16,23-24,41H,17-22,25H2,1H3. The predicted molar refractivity (Wildman–Crippen MR) is 161 cm³/mol. The lowest BCUT2D eigenvalue weighted by molar-refractivity contribution is -0.135. The van der Waals surface area contributed by atoms with Crippen LogP contribution in [-0.2, 0) is 17.8 Å². The summed E-state index contributed by atoms with van der Waals surface area (Å²) in [5.74, 6) is -0.188. The molecule has 7 nitrogen and oxygen atoms in total. The van der Waals surface area contributed by atoms with Gasteiger partial charge in [0.05, 0.1) is 17.7 Å². The molecule has 1 aliphatic heterocycles. The second-order valence-electron chi connectivity index (χ2n) is 10.7. The maximum Gasteiger partial charge on any atom is 0.260 e. The van der Waals surface area contributed by atoms with Crippen LogP contribution in [0.1, 0.15) is 35.2 Å². The lowest BCUT2D eigenvalue weighted by Crippen LogP contribution is -2.49. The number of aromatic nitrogens is 1. The highest BCUT2D eigenvalue weighted by molar-refractivity contribution is 6.09. The monoisotopic (exact) mass is 549 g/mol. The van der Waals surface area contributed by atoms with Crippen molar-refractivity contribution in [1.82, 2.24) is 9.47 Å². The highest BCUT2D eigenvalue weighted by Gasteiger charge is 2.35. The first-order chi connectivity index (χ1) is 19.8. The van der Waals surface area contributed by atoms with Crippen molar-refractivity contribution in [3.63, 3.8) is 0 Å². The molecule has 0 unspecified atom stereocenters. The van der Waals surface area contributed by atoms with E-state index in [-0.39, 0.29) is 23.9 Å². The van der Waals surface area contributed by atoms with E-state index in [2.05, 4.69) is 0 Å². The molecule has 4 aromatic rings. The minimum absolute atomic E-state index is 0.0439. The van der Waals surface area contributed by atoms with E-state index < -0.39 is 5.60 Å². The van der Waals surface area contributed by atoms with Gasteiger partial charge >= 0.3 is 0 Å². The summed E-state index contributed by atoms with van der Waals surface area (Å²) >= 11 is 0. The number of pyridine rings is 1. The molecule has 0 atom stereocenters. The number of piperidine rings is 1. The number of carbonyl (C=O) groups excluding carboxylic acids is 2. The third kappa shape index (κ3) is 6.64. The number of amides is 2. The lowest BCUT2D eigenvalue weighted by Gasteiger charge is -2.38. The smallest absolute Gasteiger partial charge is 0.260 e. The van der Waals surface area contributed by atoms with Gasteiger partial charge in [0.2, 0.25) is 5.91 Å². The summed E-state index contributed by atoms with van der Waals surface area (Å²) in [5, 5.41) is 11.5. The highest BCUT2D eigenvalue weighted by Crippen LogP contribution is 2.28. The Labute approximate surface area is 240 Å². The molecule has 1 saturated heterocycles. The lowest BCUT2D eigenvalue weighted by atomic mass is 9.90. The molecule has 0 bridgehead atoms. The van der Waals surface area contributed by atoms with Crippen molar-refractivity contribution < 1.29 is 14.7 Å². The molecule has 2 heterocycles. The van der Waals surface area contributed by atoms with Gasteiger partial charge in [0.1, 0.15) is 0 Å². The van der Waals surface area contributed by atoms with Crippen LogP contribution in [0.2, 0.25) is 0 Å². The van der Waals surface area contributed by atoms with E-state index in [0.29, 0.717) is 49.9 Å². The quantitative estimate of drug-likeness (QED) is 0.343. The Bertz CT molecular complexity index is 1540. The van der Waals surface area contributed by atoms with Gasteiger partial charge in [-0.15, -0.1) is 0 Å². The number of rotatable bonds is 8. The molecule has 5 rings (SSSR count). The van der Waals surface area contributed by atoms with Crippen molar-refractivity contribution >= 4 is 17.5 Å². The number of nitrogens with zero attached hydrogens (tertiary/aromatic N) is 3. The average molecular weight is 550 g/mol. The Hall–Kier alpha value is -4.49. The van der Waals surface area contributed by atoms with Crippen LogP contribution in [0.3, 0.4) is 0 Å². The van der Waals surface area contributed by atoms with Gasteiger partial charge in [-0.1, -0.05) is 78.9 Å². The Balaban J connectivity index is 1.34. The van der Waals surface area contributed by atoms with Gasteiger partial charge in [-0.25, -0.2) is 0 Å². The number of anilines is 1. The van der Waals surface area contributed by atoms with Crippen LogP contribution in [0, 0.1) is 0 Å². The van der Waals surface area contributed by atoms with Crippen LogP contribution in [0.15, 0.2) is 108 Å². The first kappa shape index (κ1) is 28.1. The third-order valence-electron chi connectivity index (χ3n) is 7.87. The Morgan fingerprint density at radius 2 is 1.46 bits per heavy atom. The third-order valence-corrected chi connectivity index (χ3v) is 7.87. The van der Waals surface area contributed by atoms with Crippen LogP contribution < -0.4 is 10.5 Å². The van der Waals surface area contributed by atoms with E-state index in [1.807, 2.05) is 91.0 Å². The topological polar surface area (TPSA) is 82.8 Å². The molecule has 1 N–H and O–H groups in total. The van der Waals surface area contributed by atoms with Gasteiger partial charge in [-0.2, -0.15) is 0 Å². The summed E-state index contributed by atoms with van der Waals surface area (Å²) in [6, 6.07) is 30.1. The van der Waals surface area contributed by atoms with Crippen molar-refractivity contribution in [1.29, 1.82) is 0 Å². The minimum atomic E-state index is -1.17. The number of carbonyl (C=O) groups is 2. The Morgan fingerprint density at radius 1 is 0.878 bits per heavy atom. The van der Waals surface area contributed by atoms with Crippen molar-refractivity contribution in [3.05, 3.63) is 125 Å². The van der Waals surface area contributed by atoms with E-state index >= 15 is 0 Å². The van der Waals surface area contributed by atoms with Crippen LogP contribution in [0.25, 0.3) is 11.1 Å². The van der Waals surface area contributed by atoms with E-state index in [1.165, 1.54) is 10.6 Å². The summed E-state index contributed by atoms with van der Waals surface area (Å²) in [5.41, 5.74) is 2.08. The Morgan fingerprint density at radius 3 is 2.10 bits per heavy atom. The van der Waals surface area contributed by atoms with E-state index in [4.69, 9.17) is 0 Å². The van der Waals surface area contributed by atoms with Crippen LogP contribution in [0.4, 0.5) is 5.69 Å². The predicted octanol–water partition coefficient (Wildman–Crippen LogP) is 4.78. The Kier molecular flexibility index (Phi) is 8.45. The van der Waals surface area contributed by atoms with Gasteiger partial charge in [-0.3, -0.25) is 14.4 Å². The molecule has 1 fully saturated rings. The zero-order valence-electron chi connectivity index (χ0n) is 23.3. The molecule has 0 spiro atoms. The zero-order valence-corrected chi connectivity index (χ0v) is 23.3. The molecular formula is C34H35N3O4. The first-order valence-corrected chi connectivity index (χ1v) is 14.0. The highest BCUT2D eigenvalue weighted by atomic mass is 16.3. The van der Waals surface area contributed by atoms with Crippen LogP contribution in [0.5, 0.6) is 0 Å². The molecule has 1 aromatic heterocycles. The number of hydrogen-bond donors (Lipinski definition) is 1. The largest absolute Gasteiger partial charge is 0.388 e. The fraction of sp³-hybridized carbons (Fsp3) is 0.265. The molecule has 41 heavy (non-hydrogen) atoms. The number of hydrogen-bond acceptors (Lipinski definition) is 4. The van der Waals surface area contributed by atoms with Gasteiger partial charge in [0.15, 0.2) is 0 Å². The van der Waals surface area contributed by atoms with Crippen molar-refractivity contribution in [2.75, 3.05) is 25.0 Å². The van der Waals surface area contributed by atoms with E-state index in [9.17, 15) is 19.5 Å². The maximum atomic E-state index is 13.8. The van der Waals surface area contributed by atoms with Gasteiger partial charge in [-0.05, 0) is 42.5 Å². The average Bonchev–Trinajstić information content (AvgIpc) is 3.01. The normalized spacial score (nSPS) is 14.4. The summed E-state index contributed by atoms with van der Waals surface area (Å²) < 4.78 is 1.44. The van der Waals surface area contributed by atoms with Gasteiger partial charge in [0.25, 0.3) is 11.5 Å². The summed E-state index contributed by atoms with van der Waals surface area (Å²) in [6.45, 7) is 0.884. The number of aryl methyl sites for hydroxylation is 1. The first-order valence-electron chi connectivity index (χ1n) is 14.0. The van der Waals surface area contributed by atoms with Crippen molar-refractivity contribution in [2.45, 2.75) is 37.8 Å². The van der Waals surface area contributed by atoms with Gasteiger partial charge in [0, 0.05) is 50.1 Å².